The van der Waals surface area contributed by atoms with Crippen LogP contribution in [0, 0.1) is 25.2 Å². The van der Waals surface area contributed by atoms with Crippen LogP contribution in [-0.2, 0) is 32.1 Å². The molecule has 0 nitrogen and oxygen atoms in total. The Bertz CT molecular complexity index is 1860. The molecule has 268 valence electrons. The molecule has 0 aliphatic heterocycles. The van der Waals surface area contributed by atoms with Crippen molar-refractivity contribution < 1.29 is 46.1 Å². The summed E-state index contributed by atoms with van der Waals surface area (Å²) >= 11 is -2.92. The number of aryl methyl sites for hydroxylation is 2. The van der Waals surface area contributed by atoms with Crippen LogP contribution >= 0.6 is 0 Å². The van der Waals surface area contributed by atoms with Crippen molar-refractivity contribution in [3.05, 3.63) is 150 Å². The predicted octanol–water partition coefficient (Wildman–Crippen LogP) is 7.15. The van der Waals surface area contributed by atoms with Crippen molar-refractivity contribution >= 4 is 3.21 Å². The first-order valence-electron chi connectivity index (χ1n) is 18.6. The fraction of sp³-hybridized carbons (Fsp3) is 0.396. The number of fused-ring (bicyclic) bond motifs is 3. The average molecular weight is 797 g/mol. The molecule has 1 atom stereocenters. The molecule has 0 amide bonds. The number of rotatable bonds is 6. The Kier molecular flexibility index (Phi) is 12.7. The van der Waals surface area contributed by atoms with E-state index < -0.39 is 21.3 Å². The summed E-state index contributed by atoms with van der Waals surface area (Å²) in [6.45, 7) is 28.6. The molecule has 2 aliphatic rings. The molecular formula is C48H58Cl2Zr. The fourth-order valence-corrected chi connectivity index (χ4v) is 18.2. The molecule has 4 aromatic carbocycles. The van der Waals surface area contributed by atoms with Crippen molar-refractivity contribution in [3.8, 4) is 11.1 Å². The van der Waals surface area contributed by atoms with E-state index in [2.05, 4.69) is 180 Å². The summed E-state index contributed by atoms with van der Waals surface area (Å²) in [6, 6.07) is 33.4. The number of hydrogen-bond acceptors (Lipinski definition) is 0. The monoisotopic (exact) mass is 794 g/mol. The number of benzene rings is 4. The number of allylic oxidation sites excluding steroid dienone is 4. The van der Waals surface area contributed by atoms with E-state index in [4.69, 9.17) is 0 Å². The van der Waals surface area contributed by atoms with Crippen LogP contribution in [0.15, 0.2) is 106 Å². The van der Waals surface area contributed by atoms with Crippen molar-refractivity contribution in [3.63, 3.8) is 0 Å². The Morgan fingerprint density at radius 2 is 1.04 bits per heavy atom. The third kappa shape index (κ3) is 8.13. The minimum Gasteiger partial charge on any atom is -1.00 e. The van der Waals surface area contributed by atoms with Gasteiger partial charge in [0.2, 0.25) is 0 Å². The molecule has 4 aromatic rings. The third-order valence-electron chi connectivity index (χ3n) is 10.9. The largest absolute Gasteiger partial charge is 1.00 e. The zero-order valence-corrected chi connectivity index (χ0v) is 37.0. The zero-order valence-electron chi connectivity index (χ0n) is 33.1. The van der Waals surface area contributed by atoms with E-state index in [1.54, 1.807) is 17.6 Å². The summed E-state index contributed by atoms with van der Waals surface area (Å²) in [5.74, 6) is 0.494. The molecule has 0 saturated carbocycles. The first-order chi connectivity index (χ1) is 23.0. The fourth-order valence-electron chi connectivity index (χ4n) is 8.56. The van der Waals surface area contributed by atoms with Crippen LogP contribution in [0.4, 0.5) is 0 Å². The Balaban J connectivity index is 0.00000292. The Labute approximate surface area is 330 Å². The quantitative estimate of drug-likeness (QED) is 0.195. The van der Waals surface area contributed by atoms with Gasteiger partial charge in [0.05, 0.1) is 0 Å². The number of hydrogen-bond donors (Lipinski definition) is 0. The van der Waals surface area contributed by atoms with Gasteiger partial charge in [0.1, 0.15) is 0 Å². The molecule has 0 heterocycles. The number of halogens is 2. The molecule has 6 rings (SSSR count). The zero-order chi connectivity index (χ0) is 35.5. The Morgan fingerprint density at radius 3 is 1.41 bits per heavy atom. The van der Waals surface area contributed by atoms with Crippen LogP contribution in [0.2, 0.25) is 0 Å². The van der Waals surface area contributed by atoms with Crippen LogP contribution in [0.3, 0.4) is 0 Å². The van der Waals surface area contributed by atoms with E-state index in [-0.39, 0.29) is 41.1 Å². The Hall–Kier alpha value is -2.31. The minimum absolute atomic E-state index is 0. The molecule has 0 saturated heterocycles. The van der Waals surface area contributed by atoms with Crippen molar-refractivity contribution in [2.45, 2.75) is 110 Å². The van der Waals surface area contributed by atoms with Crippen LogP contribution < -0.4 is 24.8 Å². The molecule has 0 N–H and O–H groups in total. The van der Waals surface area contributed by atoms with E-state index in [0.29, 0.717) is 9.54 Å². The van der Waals surface area contributed by atoms with Gasteiger partial charge in [-0.05, 0) is 0 Å². The van der Waals surface area contributed by atoms with Crippen molar-refractivity contribution in [2.75, 3.05) is 0 Å². The van der Waals surface area contributed by atoms with Gasteiger partial charge in [-0.2, -0.15) is 0 Å². The van der Waals surface area contributed by atoms with Crippen molar-refractivity contribution in [1.29, 1.82) is 0 Å². The maximum absolute atomic E-state index is 2.92. The molecular weight excluding hydrogens is 739 g/mol. The SMILES string of the molecule is CCCC1C=C(C(C)(C)C)C=[C]1[Zr+2](=[C](c1ccccc1)c1ccccc1)[CH]1c2cc(C)c(C(C)(C)C)cc2-c2cc(C(C)(C)C)c(C)cc21.[Cl-].[Cl-]. The van der Waals surface area contributed by atoms with Gasteiger partial charge in [0.15, 0.2) is 0 Å². The van der Waals surface area contributed by atoms with Gasteiger partial charge in [-0.1, -0.05) is 0 Å². The summed E-state index contributed by atoms with van der Waals surface area (Å²) in [5, 5.41) is 0. The summed E-state index contributed by atoms with van der Waals surface area (Å²) < 4.78 is 3.80. The van der Waals surface area contributed by atoms with Crippen LogP contribution in [0.25, 0.3) is 11.1 Å². The second kappa shape index (κ2) is 15.6. The van der Waals surface area contributed by atoms with E-state index >= 15 is 0 Å². The van der Waals surface area contributed by atoms with E-state index in [9.17, 15) is 0 Å². The second-order valence-electron chi connectivity index (χ2n) is 17.8. The van der Waals surface area contributed by atoms with Gasteiger partial charge < -0.3 is 24.8 Å². The molecule has 2 aliphatic carbocycles. The van der Waals surface area contributed by atoms with Gasteiger partial charge in [-0.3, -0.25) is 0 Å². The predicted molar refractivity (Wildman–Crippen MR) is 211 cm³/mol. The van der Waals surface area contributed by atoms with Gasteiger partial charge in [0.25, 0.3) is 0 Å². The molecule has 0 bridgehead atoms. The van der Waals surface area contributed by atoms with Gasteiger partial charge in [-0.25, -0.2) is 0 Å². The summed E-state index contributed by atoms with van der Waals surface area (Å²) in [6.07, 6.45) is 7.79. The topological polar surface area (TPSA) is 0 Å². The van der Waals surface area contributed by atoms with Crippen LogP contribution in [-0.4, -0.2) is 3.21 Å². The summed E-state index contributed by atoms with van der Waals surface area (Å²) in [5.41, 5.74) is 16.5. The van der Waals surface area contributed by atoms with E-state index in [1.807, 2.05) is 0 Å². The van der Waals surface area contributed by atoms with Gasteiger partial charge in [0, 0.05) is 0 Å². The van der Waals surface area contributed by atoms with E-state index in [1.165, 1.54) is 62.9 Å². The Morgan fingerprint density at radius 1 is 0.608 bits per heavy atom. The molecule has 3 heteroatoms. The minimum atomic E-state index is -2.92. The smallest absolute Gasteiger partial charge is 1.00 e. The molecule has 0 fully saturated rings. The summed E-state index contributed by atoms with van der Waals surface area (Å²) in [4.78, 5) is 0. The average Bonchev–Trinajstić information content (AvgIpc) is 3.58. The molecule has 0 radical (unpaired) electrons. The van der Waals surface area contributed by atoms with E-state index in [0.717, 1.165) is 0 Å². The maximum atomic E-state index is 2.71. The van der Waals surface area contributed by atoms with Gasteiger partial charge >= 0.3 is 308 Å². The standard InChI is InChI=1S/C23H29.C13H10.C12H19.2ClH.Zr/c1-14-9-16-11-17-10-15(2)21(23(6,7)8)13-19(17)18(16)12-20(14)22(3,4)5;1-3-7-12(8-4-1)11-13-9-5-2-6-10-13;1-5-6-10-7-8-11(9-10)12(2,3)4;;;/h9-13H,1-8H3;1-10H;8-10H,5-6H2,1-4H3;2*1H;/q;;;;;+2/p-2. The first kappa shape index (κ1) is 41.4. The third-order valence-corrected chi connectivity index (χ3v) is 19.4. The second-order valence-corrected chi connectivity index (χ2v) is 23.9. The molecule has 0 aromatic heterocycles. The molecule has 1 unspecified atom stereocenters. The van der Waals surface area contributed by atoms with Gasteiger partial charge in [-0.15, -0.1) is 0 Å². The van der Waals surface area contributed by atoms with Crippen molar-refractivity contribution in [1.82, 2.24) is 0 Å². The normalized spacial score (nSPS) is 15.5. The molecule has 0 spiro atoms. The first-order valence-corrected chi connectivity index (χ1v) is 22.5. The molecule has 51 heavy (non-hydrogen) atoms. The van der Waals surface area contributed by atoms with Crippen molar-refractivity contribution in [2.24, 2.45) is 11.3 Å². The summed E-state index contributed by atoms with van der Waals surface area (Å²) in [7, 11) is 0. The van der Waals surface area contributed by atoms with Crippen LogP contribution in [0.1, 0.15) is 130 Å². The van der Waals surface area contributed by atoms with Crippen LogP contribution in [0.5, 0.6) is 0 Å². The maximum Gasteiger partial charge on any atom is -1.00 e.